The summed E-state index contributed by atoms with van der Waals surface area (Å²) in [5.41, 5.74) is 4.52. The van der Waals surface area contributed by atoms with Crippen molar-refractivity contribution < 1.29 is 14.3 Å². The van der Waals surface area contributed by atoms with Gasteiger partial charge in [0.1, 0.15) is 17.8 Å². The Bertz CT molecular complexity index is 1240. The van der Waals surface area contributed by atoms with Crippen molar-refractivity contribution in [2.24, 2.45) is 0 Å². The molecule has 6 heteroatoms. The Kier molecular flexibility index (Phi) is 5.90. The lowest BCUT2D eigenvalue weighted by Crippen LogP contribution is -2.34. The van der Waals surface area contributed by atoms with Crippen LogP contribution in [-0.4, -0.2) is 26.6 Å². The van der Waals surface area contributed by atoms with Crippen LogP contribution in [0.1, 0.15) is 61.0 Å². The molecule has 1 aliphatic rings. The number of imidazole rings is 1. The number of carbonyl (C=O) groups excluding carboxylic acids is 1. The van der Waals surface area contributed by atoms with Gasteiger partial charge in [0, 0.05) is 17.6 Å². The first kappa shape index (κ1) is 21.3. The number of amides is 1. The topological polar surface area (TPSA) is 80.3 Å². The highest BCUT2D eigenvalue weighted by atomic mass is 16.3. The second kappa shape index (κ2) is 9.14. The number of nitrogens with one attached hydrogen (secondary N) is 1. The lowest BCUT2D eigenvalue weighted by molar-refractivity contribution is 0.0940. The first-order chi connectivity index (χ1) is 16.1. The summed E-state index contributed by atoms with van der Waals surface area (Å²) >= 11 is 0. The zero-order valence-corrected chi connectivity index (χ0v) is 18.8. The maximum absolute atomic E-state index is 13.0. The lowest BCUT2D eigenvalue weighted by Gasteiger charge is -2.25. The number of aromatic nitrogens is 2. The molecule has 1 fully saturated rings. The van der Waals surface area contributed by atoms with Crippen molar-refractivity contribution >= 4 is 16.9 Å². The van der Waals surface area contributed by atoms with Crippen LogP contribution in [0.5, 0.6) is 5.75 Å². The van der Waals surface area contributed by atoms with Gasteiger partial charge in [-0.2, -0.15) is 0 Å². The number of hydrogen-bond acceptors (Lipinski definition) is 4. The molecule has 2 aromatic heterocycles. The molecule has 2 heterocycles. The maximum Gasteiger partial charge on any atom is 0.251 e. The molecule has 33 heavy (non-hydrogen) atoms. The van der Waals surface area contributed by atoms with E-state index < -0.39 is 0 Å². The third-order valence-corrected chi connectivity index (χ3v) is 6.53. The van der Waals surface area contributed by atoms with Crippen molar-refractivity contribution in [2.75, 3.05) is 0 Å². The van der Waals surface area contributed by atoms with Gasteiger partial charge in [0.05, 0.1) is 22.9 Å². The molecule has 4 aromatic rings. The highest BCUT2D eigenvalue weighted by Gasteiger charge is 2.23. The van der Waals surface area contributed by atoms with Crippen molar-refractivity contribution in [2.45, 2.75) is 57.5 Å². The third kappa shape index (κ3) is 4.51. The average Bonchev–Trinajstić information content (AvgIpc) is 3.48. The lowest BCUT2D eigenvalue weighted by atomic mass is 9.95. The Balaban J connectivity index is 1.40. The van der Waals surface area contributed by atoms with E-state index in [0.717, 1.165) is 40.8 Å². The molecule has 2 aromatic carbocycles. The predicted octanol–water partition coefficient (Wildman–Crippen LogP) is 5.87. The summed E-state index contributed by atoms with van der Waals surface area (Å²) in [6, 6.07) is 15.2. The smallest absolute Gasteiger partial charge is 0.251 e. The zero-order valence-electron chi connectivity index (χ0n) is 18.8. The molecule has 0 bridgehead atoms. The standard InChI is InChI=1S/C27H29N3O3/c1-18(15-19-7-10-23(31)11-8-19)28-27(32)20-9-12-25-24(16-20)29-26(21-13-14-33-17-21)30(25)22-5-3-2-4-6-22/h7-14,16-18,22,31H,2-6,15H2,1H3,(H,28,32)/t18-/m1/s1. The number of benzene rings is 2. The minimum atomic E-state index is -0.111. The van der Waals surface area contributed by atoms with Gasteiger partial charge in [-0.05, 0) is 68.1 Å². The summed E-state index contributed by atoms with van der Waals surface area (Å²) in [7, 11) is 0. The fraction of sp³-hybridized carbons (Fsp3) is 0.333. The molecular formula is C27H29N3O3. The van der Waals surface area contributed by atoms with Crippen LogP contribution in [-0.2, 0) is 6.42 Å². The quantitative estimate of drug-likeness (QED) is 0.391. The number of rotatable bonds is 6. The van der Waals surface area contributed by atoms with Gasteiger partial charge in [-0.15, -0.1) is 0 Å². The largest absolute Gasteiger partial charge is 0.508 e. The molecule has 0 radical (unpaired) electrons. The molecule has 0 unspecified atom stereocenters. The summed E-state index contributed by atoms with van der Waals surface area (Å²) in [5, 5.41) is 12.5. The number of phenolic OH excluding ortho intramolecular Hbond substituents is 1. The minimum absolute atomic E-state index is 0.0426. The van der Waals surface area contributed by atoms with Gasteiger partial charge in [0.15, 0.2) is 0 Å². The van der Waals surface area contributed by atoms with Crippen LogP contribution in [0.4, 0.5) is 0 Å². The van der Waals surface area contributed by atoms with Crippen molar-refractivity contribution in [3.8, 4) is 17.1 Å². The highest BCUT2D eigenvalue weighted by Crippen LogP contribution is 2.36. The predicted molar refractivity (Wildman–Crippen MR) is 128 cm³/mol. The normalized spacial score (nSPS) is 15.5. The van der Waals surface area contributed by atoms with Gasteiger partial charge in [0.25, 0.3) is 5.91 Å². The Morgan fingerprint density at radius 2 is 1.94 bits per heavy atom. The number of carbonyl (C=O) groups is 1. The fourth-order valence-corrected chi connectivity index (χ4v) is 4.89. The Morgan fingerprint density at radius 1 is 1.15 bits per heavy atom. The van der Waals surface area contributed by atoms with E-state index in [0.29, 0.717) is 18.0 Å². The molecule has 2 N–H and O–H groups in total. The molecule has 0 spiro atoms. The number of phenols is 1. The number of fused-ring (bicyclic) bond motifs is 1. The van der Waals surface area contributed by atoms with Gasteiger partial charge in [-0.3, -0.25) is 4.79 Å². The first-order valence-corrected chi connectivity index (χ1v) is 11.7. The highest BCUT2D eigenvalue weighted by molar-refractivity contribution is 5.98. The summed E-state index contributed by atoms with van der Waals surface area (Å²) in [5.74, 6) is 1.04. The Morgan fingerprint density at radius 3 is 2.67 bits per heavy atom. The van der Waals surface area contributed by atoms with E-state index >= 15 is 0 Å². The van der Waals surface area contributed by atoms with E-state index in [9.17, 15) is 9.90 Å². The van der Waals surface area contributed by atoms with Gasteiger partial charge < -0.3 is 19.4 Å². The van der Waals surface area contributed by atoms with E-state index in [1.165, 1.54) is 19.3 Å². The van der Waals surface area contributed by atoms with Crippen molar-refractivity contribution in [1.29, 1.82) is 0 Å². The Labute approximate surface area is 193 Å². The van der Waals surface area contributed by atoms with Gasteiger partial charge >= 0.3 is 0 Å². The summed E-state index contributed by atoms with van der Waals surface area (Å²) in [4.78, 5) is 17.9. The second-order valence-electron chi connectivity index (χ2n) is 9.06. The van der Waals surface area contributed by atoms with Crippen LogP contribution in [0.25, 0.3) is 22.4 Å². The molecule has 1 atom stereocenters. The van der Waals surface area contributed by atoms with Crippen molar-refractivity contribution in [3.05, 3.63) is 72.2 Å². The van der Waals surface area contributed by atoms with Crippen molar-refractivity contribution in [1.82, 2.24) is 14.9 Å². The summed E-state index contributed by atoms with van der Waals surface area (Å²) < 4.78 is 7.68. The number of furan rings is 1. The first-order valence-electron chi connectivity index (χ1n) is 11.7. The van der Waals surface area contributed by atoms with Crippen LogP contribution < -0.4 is 5.32 Å². The van der Waals surface area contributed by atoms with Gasteiger partial charge in [-0.1, -0.05) is 31.4 Å². The van der Waals surface area contributed by atoms with Crippen LogP contribution in [0.15, 0.2) is 65.5 Å². The van der Waals surface area contributed by atoms with E-state index in [1.807, 2.05) is 43.3 Å². The molecular weight excluding hydrogens is 414 g/mol. The van der Waals surface area contributed by atoms with Gasteiger partial charge in [0.2, 0.25) is 0 Å². The maximum atomic E-state index is 13.0. The molecule has 6 nitrogen and oxygen atoms in total. The minimum Gasteiger partial charge on any atom is -0.508 e. The van der Waals surface area contributed by atoms with Crippen molar-refractivity contribution in [3.63, 3.8) is 0 Å². The number of nitrogens with zero attached hydrogens (tertiary/aromatic N) is 2. The number of aromatic hydroxyl groups is 1. The monoisotopic (exact) mass is 443 g/mol. The average molecular weight is 444 g/mol. The van der Waals surface area contributed by atoms with Crippen LogP contribution >= 0.6 is 0 Å². The van der Waals surface area contributed by atoms with Crippen LogP contribution in [0.2, 0.25) is 0 Å². The van der Waals surface area contributed by atoms with E-state index in [4.69, 9.17) is 9.40 Å². The van der Waals surface area contributed by atoms with Crippen LogP contribution in [0.3, 0.4) is 0 Å². The molecule has 1 saturated carbocycles. The molecule has 1 amide bonds. The Hall–Kier alpha value is -3.54. The SMILES string of the molecule is C[C@H](Cc1ccc(O)cc1)NC(=O)c1ccc2c(c1)nc(-c1ccoc1)n2C1CCCCC1. The second-order valence-corrected chi connectivity index (χ2v) is 9.06. The third-order valence-electron chi connectivity index (χ3n) is 6.53. The van der Waals surface area contributed by atoms with E-state index in [1.54, 1.807) is 24.7 Å². The summed E-state index contributed by atoms with van der Waals surface area (Å²) in [6.45, 7) is 1.98. The molecule has 0 aliphatic heterocycles. The molecule has 5 rings (SSSR count). The zero-order chi connectivity index (χ0) is 22.8. The molecule has 170 valence electrons. The molecule has 0 saturated heterocycles. The van der Waals surface area contributed by atoms with E-state index in [2.05, 4.69) is 9.88 Å². The van der Waals surface area contributed by atoms with E-state index in [-0.39, 0.29) is 17.7 Å². The fourth-order valence-electron chi connectivity index (χ4n) is 4.89. The number of hydrogen-bond donors (Lipinski definition) is 2. The van der Waals surface area contributed by atoms with Crippen LogP contribution in [0, 0.1) is 0 Å². The van der Waals surface area contributed by atoms with Gasteiger partial charge in [-0.25, -0.2) is 4.98 Å². The summed E-state index contributed by atoms with van der Waals surface area (Å²) in [6.07, 6.45) is 10.1. The molecule has 1 aliphatic carbocycles.